The highest BCUT2D eigenvalue weighted by Crippen LogP contribution is 2.26. The van der Waals surface area contributed by atoms with Gasteiger partial charge in [-0.25, -0.2) is 0 Å². The lowest BCUT2D eigenvalue weighted by molar-refractivity contribution is 0.00228. The van der Waals surface area contributed by atoms with Crippen LogP contribution in [-0.4, -0.2) is 23.5 Å². The predicted octanol–water partition coefficient (Wildman–Crippen LogP) is 2.13. The Kier molecular flexibility index (Phi) is 2.35. The molecule has 0 N–H and O–H groups in total. The topological polar surface area (TPSA) is 3.24 Å². The van der Waals surface area contributed by atoms with Gasteiger partial charge >= 0.3 is 0 Å². The molecule has 0 radical (unpaired) electrons. The van der Waals surface area contributed by atoms with E-state index < -0.39 is 0 Å². The molecule has 1 fully saturated rings. The molecule has 1 aliphatic rings. The molecule has 0 bridgehead atoms. The highest BCUT2D eigenvalue weighted by Gasteiger charge is 2.33. The molecule has 0 aromatic carbocycles. The van der Waals surface area contributed by atoms with Crippen molar-refractivity contribution in [2.75, 3.05) is 6.54 Å². The van der Waals surface area contributed by atoms with E-state index in [9.17, 15) is 0 Å². The van der Waals surface area contributed by atoms with Crippen molar-refractivity contribution in [3.63, 3.8) is 0 Å². The van der Waals surface area contributed by atoms with E-state index >= 15 is 0 Å². The maximum atomic E-state index is 2.59. The van der Waals surface area contributed by atoms with E-state index in [-0.39, 0.29) is 0 Å². The molecule has 1 heterocycles. The number of hydrogen-bond acceptors (Lipinski definition) is 1. The number of rotatable bonds is 2. The second-order valence-electron chi connectivity index (χ2n) is 3.67. The predicted molar refractivity (Wildman–Crippen MR) is 45.1 cm³/mol. The first-order chi connectivity index (χ1) is 4.66. The first-order valence-electron chi connectivity index (χ1n) is 4.42. The van der Waals surface area contributed by atoms with E-state index in [4.69, 9.17) is 0 Å². The Hall–Kier alpha value is -0.0400. The van der Waals surface area contributed by atoms with Crippen LogP contribution >= 0.6 is 0 Å². The summed E-state index contributed by atoms with van der Waals surface area (Å²) in [6.07, 6.45) is 1.29. The Morgan fingerprint density at radius 2 is 2.10 bits per heavy atom. The van der Waals surface area contributed by atoms with Gasteiger partial charge in [-0.05, 0) is 26.2 Å². The van der Waals surface area contributed by atoms with E-state index in [2.05, 4.69) is 32.6 Å². The smallest absolute Gasteiger partial charge is 0.0108 e. The van der Waals surface area contributed by atoms with Gasteiger partial charge in [0.25, 0.3) is 0 Å². The van der Waals surface area contributed by atoms with Crippen molar-refractivity contribution >= 4 is 0 Å². The van der Waals surface area contributed by atoms with Crippen LogP contribution in [0.3, 0.4) is 0 Å². The lowest BCUT2D eigenvalue weighted by Gasteiger charge is -2.48. The lowest BCUT2D eigenvalue weighted by Crippen LogP contribution is -2.56. The van der Waals surface area contributed by atoms with Crippen LogP contribution in [0.2, 0.25) is 0 Å². The molecule has 1 heteroatoms. The highest BCUT2D eigenvalue weighted by molar-refractivity contribution is 4.88. The third kappa shape index (κ3) is 1.20. The van der Waals surface area contributed by atoms with Crippen LogP contribution in [0, 0.1) is 5.92 Å². The summed E-state index contributed by atoms with van der Waals surface area (Å²) >= 11 is 0. The Labute approximate surface area is 64.4 Å². The quantitative estimate of drug-likeness (QED) is 0.569. The Morgan fingerprint density at radius 1 is 1.50 bits per heavy atom. The van der Waals surface area contributed by atoms with Crippen molar-refractivity contribution in [2.24, 2.45) is 5.92 Å². The van der Waals surface area contributed by atoms with Crippen molar-refractivity contribution in [1.29, 1.82) is 0 Å². The summed E-state index contributed by atoms with van der Waals surface area (Å²) in [7, 11) is 0. The minimum Gasteiger partial charge on any atom is -0.297 e. The first-order valence-corrected chi connectivity index (χ1v) is 4.42. The minimum absolute atomic E-state index is 0.797. The minimum atomic E-state index is 0.797. The maximum absolute atomic E-state index is 2.59. The summed E-state index contributed by atoms with van der Waals surface area (Å²) in [6.45, 7) is 10.6. The summed E-state index contributed by atoms with van der Waals surface area (Å²) in [5.41, 5.74) is 0. The van der Waals surface area contributed by atoms with Crippen LogP contribution in [0.4, 0.5) is 0 Å². The van der Waals surface area contributed by atoms with Gasteiger partial charge in [-0.2, -0.15) is 0 Å². The van der Waals surface area contributed by atoms with E-state index in [0.717, 1.165) is 18.0 Å². The van der Waals surface area contributed by atoms with Gasteiger partial charge in [0.05, 0.1) is 0 Å². The average molecular weight is 141 g/mol. The zero-order valence-electron chi connectivity index (χ0n) is 7.59. The van der Waals surface area contributed by atoms with Crippen molar-refractivity contribution < 1.29 is 0 Å². The van der Waals surface area contributed by atoms with Gasteiger partial charge < -0.3 is 0 Å². The van der Waals surface area contributed by atoms with Crippen LogP contribution in [0.25, 0.3) is 0 Å². The first kappa shape index (κ1) is 8.06. The largest absolute Gasteiger partial charge is 0.297 e. The van der Waals surface area contributed by atoms with Crippen LogP contribution in [0.5, 0.6) is 0 Å². The standard InChI is InChI=1S/C9H19N/c1-5-8(3)10-6-7(2)9(10)4/h7-9H,5-6H2,1-4H3. The highest BCUT2D eigenvalue weighted by atomic mass is 15.2. The molecule has 1 saturated heterocycles. The molecule has 3 atom stereocenters. The van der Waals surface area contributed by atoms with Gasteiger partial charge in [-0.1, -0.05) is 13.8 Å². The Morgan fingerprint density at radius 3 is 2.40 bits per heavy atom. The molecule has 0 aliphatic carbocycles. The van der Waals surface area contributed by atoms with Crippen molar-refractivity contribution in [3.8, 4) is 0 Å². The van der Waals surface area contributed by atoms with Crippen molar-refractivity contribution in [2.45, 2.75) is 46.2 Å². The second kappa shape index (κ2) is 2.91. The molecule has 3 unspecified atom stereocenters. The van der Waals surface area contributed by atoms with E-state index in [0.29, 0.717) is 0 Å². The SMILES string of the molecule is CCC(C)N1CC(C)C1C. The normalized spacial score (nSPS) is 37.2. The van der Waals surface area contributed by atoms with E-state index in [1.54, 1.807) is 0 Å². The molecular weight excluding hydrogens is 122 g/mol. The fourth-order valence-electron chi connectivity index (χ4n) is 1.66. The van der Waals surface area contributed by atoms with Crippen LogP contribution < -0.4 is 0 Å². The fraction of sp³-hybridized carbons (Fsp3) is 1.00. The number of nitrogens with zero attached hydrogens (tertiary/aromatic N) is 1. The van der Waals surface area contributed by atoms with Crippen molar-refractivity contribution in [1.82, 2.24) is 4.90 Å². The molecule has 0 aromatic rings. The van der Waals surface area contributed by atoms with Gasteiger partial charge in [0.1, 0.15) is 0 Å². The molecule has 1 rings (SSSR count). The molecule has 0 aromatic heterocycles. The van der Waals surface area contributed by atoms with Gasteiger partial charge in [-0.3, -0.25) is 4.90 Å². The average Bonchev–Trinajstić information content (AvgIpc) is 1.98. The molecule has 1 nitrogen and oxygen atoms in total. The lowest BCUT2D eigenvalue weighted by atomic mass is 9.90. The van der Waals surface area contributed by atoms with Gasteiger partial charge in [0, 0.05) is 18.6 Å². The van der Waals surface area contributed by atoms with Crippen LogP contribution in [0.1, 0.15) is 34.1 Å². The molecule has 60 valence electrons. The summed E-state index contributed by atoms with van der Waals surface area (Å²) in [4.78, 5) is 2.59. The number of likely N-dealkylation sites (tertiary alicyclic amines) is 1. The molecular formula is C9H19N. The molecule has 0 amide bonds. The van der Waals surface area contributed by atoms with Crippen molar-refractivity contribution in [3.05, 3.63) is 0 Å². The Balaban J connectivity index is 2.32. The molecule has 1 aliphatic heterocycles. The zero-order valence-corrected chi connectivity index (χ0v) is 7.59. The van der Waals surface area contributed by atoms with E-state index in [1.165, 1.54) is 13.0 Å². The zero-order chi connectivity index (χ0) is 7.72. The summed E-state index contributed by atoms with van der Waals surface area (Å²) in [5, 5.41) is 0. The van der Waals surface area contributed by atoms with Gasteiger partial charge in [-0.15, -0.1) is 0 Å². The summed E-state index contributed by atoms with van der Waals surface area (Å²) < 4.78 is 0. The fourth-order valence-corrected chi connectivity index (χ4v) is 1.66. The Bertz CT molecular complexity index is 107. The molecule has 0 saturated carbocycles. The number of hydrogen-bond donors (Lipinski definition) is 0. The summed E-state index contributed by atoms with van der Waals surface area (Å²) in [5.74, 6) is 0.925. The summed E-state index contributed by atoms with van der Waals surface area (Å²) in [6, 6.07) is 1.63. The monoisotopic (exact) mass is 141 g/mol. The third-order valence-electron chi connectivity index (χ3n) is 3.00. The maximum Gasteiger partial charge on any atom is 0.0108 e. The third-order valence-corrected chi connectivity index (χ3v) is 3.00. The molecule has 10 heavy (non-hydrogen) atoms. The van der Waals surface area contributed by atoms with Gasteiger partial charge in [0.2, 0.25) is 0 Å². The second-order valence-corrected chi connectivity index (χ2v) is 3.67. The molecule has 0 spiro atoms. The van der Waals surface area contributed by atoms with Gasteiger partial charge in [0.15, 0.2) is 0 Å². The van der Waals surface area contributed by atoms with E-state index in [1.807, 2.05) is 0 Å². The van der Waals surface area contributed by atoms with Crippen LogP contribution in [-0.2, 0) is 0 Å². The van der Waals surface area contributed by atoms with Crippen LogP contribution in [0.15, 0.2) is 0 Å².